The number of hydrazine groups is 1. The van der Waals surface area contributed by atoms with Crippen LogP contribution in [0.4, 0.5) is 0 Å². The predicted octanol–water partition coefficient (Wildman–Crippen LogP) is 1.97. The average molecular weight is 450 g/mol. The number of carbonyl (C=O) groups excluding carboxylic acids is 2. The van der Waals surface area contributed by atoms with Crippen LogP contribution in [-0.4, -0.2) is 47.2 Å². The van der Waals surface area contributed by atoms with Crippen molar-refractivity contribution in [2.45, 2.75) is 64.3 Å². The van der Waals surface area contributed by atoms with Crippen molar-refractivity contribution < 1.29 is 18.0 Å². The molecular weight excluding hydrogens is 418 g/mol. The summed E-state index contributed by atoms with van der Waals surface area (Å²) in [6.07, 6.45) is 3.19. The topological polar surface area (TPSA) is 113 Å². The van der Waals surface area contributed by atoms with Crippen LogP contribution < -0.4 is 10.9 Å². The second kappa shape index (κ2) is 9.78. The number of carbonyl (C=O) groups is 2. The molecule has 1 saturated heterocycles. The number of sulfonamides is 1. The fraction of sp³-hybridized carbons (Fsp3) is 0.571. The number of hydrogen-bond donors (Lipinski definition) is 2. The molecule has 170 valence electrons. The van der Waals surface area contributed by atoms with Crippen LogP contribution in [0.25, 0.3) is 11.0 Å². The van der Waals surface area contributed by atoms with E-state index in [4.69, 9.17) is 0 Å². The van der Waals surface area contributed by atoms with E-state index in [1.807, 2.05) is 4.57 Å². The Balaban J connectivity index is 1.78. The lowest BCUT2D eigenvalue weighted by atomic mass is 10.2. The van der Waals surface area contributed by atoms with Crippen molar-refractivity contribution in [2.75, 3.05) is 13.1 Å². The normalized spacial score (nSPS) is 15.0. The molecule has 0 radical (unpaired) electrons. The number of aromatic nitrogens is 2. The highest BCUT2D eigenvalue weighted by Crippen LogP contribution is 2.25. The number of hydrogen-bond acceptors (Lipinski definition) is 5. The van der Waals surface area contributed by atoms with Crippen molar-refractivity contribution >= 4 is 32.9 Å². The summed E-state index contributed by atoms with van der Waals surface area (Å²) in [5, 5.41) is 0. The molecule has 0 aliphatic carbocycles. The molecule has 3 rings (SSSR count). The number of imidazole rings is 1. The molecule has 2 aromatic rings. The van der Waals surface area contributed by atoms with Crippen LogP contribution in [0.1, 0.15) is 52.3 Å². The Bertz CT molecular complexity index is 1060. The molecular formula is C21H31N5O4S. The number of benzene rings is 1. The van der Waals surface area contributed by atoms with Gasteiger partial charge in [0, 0.05) is 38.4 Å². The average Bonchev–Trinajstić information content (AvgIpc) is 3.39. The first-order chi connectivity index (χ1) is 14.7. The maximum Gasteiger partial charge on any atom is 0.243 e. The summed E-state index contributed by atoms with van der Waals surface area (Å²) in [6.45, 7) is 7.36. The summed E-state index contributed by atoms with van der Waals surface area (Å²) in [5.74, 6) is -0.0577. The first-order valence-electron chi connectivity index (χ1n) is 10.8. The van der Waals surface area contributed by atoms with Crippen LogP contribution in [0.3, 0.4) is 0 Å². The fourth-order valence-electron chi connectivity index (χ4n) is 3.62. The minimum atomic E-state index is -3.51. The van der Waals surface area contributed by atoms with Gasteiger partial charge in [0.2, 0.25) is 21.8 Å². The largest absolute Gasteiger partial charge is 0.328 e. The fourth-order valence-corrected chi connectivity index (χ4v) is 5.16. The third-order valence-electron chi connectivity index (χ3n) is 5.37. The Morgan fingerprint density at radius 1 is 1.16 bits per heavy atom. The number of nitrogens with one attached hydrogen (secondary N) is 2. The first-order valence-corrected chi connectivity index (χ1v) is 12.3. The van der Waals surface area contributed by atoms with Gasteiger partial charge >= 0.3 is 0 Å². The Morgan fingerprint density at radius 3 is 2.52 bits per heavy atom. The molecule has 1 aliphatic heterocycles. The summed E-state index contributed by atoms with van der Waals surface area (Å²) < 4.78 is 29.3. The van der Waals surface area contributed by atoms with Gasteiger partial charge in [-0.15, -0.1) is 0 Å². The van der Waals surface area contributed by atoms with Crippen LogP contribution in [0.15, 0.2) is 23.1 Å². The van der Waals surface area contributed by atoms with Gasteiger partial charge in [-0.1, -0.05) is 20.8 Å². The summed E-state index contributed by atoms with van der Waals surface area (Å²) in [7, 11) is -3.51. The maximum atomic E-state index is 12.9. The number of amides is 2. The van der Waals surface area contributed by atoms with E-state index >= 15 is 0 Å². The zero-order valence-corrected chi connectivity index (χ0v) is 19.2. The van der Waals surface area contributed by atoms with Crippen molar-refractivity contribution in [1.82, 2.24) is 24.7 Å². The monoisotopic (exact) mass is 449 g/mol. The molecule has 0 saturated carbocycles. The standard InChI is InChI=1S/C21H31N5O4S/c1-4-11-26-18-8-7-16(31(29,30)25-12-5-6-13-25)14-17(18)22-19(26)9-10-20(27)23-24-21(28)15(2)3/h7-8,14-15H,4-6,9-13H2,1-3H3,(H,23,27)(H,24,28). The van der Waals surface area contributed by atoms with E-state index in [1.165, 1.54) is 4.31 Å². The lowest BCUT2D eigenvalue weighted by Crippen LogP contribution is -2.43. The van der Waals surface area contributed by atoms with Crippen LogP contribution in [0, 0.1) is 5.92 Å². The van der Waals surface area contributed by atoms with Crippen molar-refractivity contribution in [1.29, 1.82) is 0 Å². The third kappa shape index (κ3) is 5.24. The Kier molecular flexibility index (Phi) is 7.32. The molecule has 31 heavy (non-hydrogen) atoms. The zero-order chi connectivity index (χ0) is 22.6. The minimum absolute atomic E-state index is 0.157. The van der Waals surface area contributed by atoms with Crippen molar-refractivity contribution in [2.24, 2.45) is 5.92 Å². The van der Waals surface area contributed by atoms with Crippen molar-refractivity contribution in [3.63, 3.8) is 0 Å². The molecule has 10 heteroatoms. The second-order valence-electron chi connectivity index (χ2n) is 8.13. The lowest BCUT2D eigenvalue weighted by molar-refractivity contribution is -0.130. The van der Waals surface area contributed by atoms with E-state index < -0.39 is 10.0 Å². The number of rotatable bonds is 8. The molecule has 2 amide bonds. The Hall–Kier alpha value is -2.46. The van der Waals surface area contributed by atoms with Gasteiger partial charge in [-0.3, -0.25) is 20.4 Å². The lowest BCUT2D eigenvalue weighted by Gasteiger charge is -2.15. The van der Waals surface area contributed by atoms with Gasteiger partial charge in [0.15, 0.2) is 0 Å². The number of aryl methyl sites for hydroxylation is 2. The number of fused-ring (bicyclic) bond motifs is 1. The highest BCUT2D eigenvalue weighted by atomic mass is 32.2. The van der Waals surface area contributed by atoms with Gasteiger partial charge in [0.1, 0.15) is 5.82 Å². The smallest absolute Gasteiger partial charge is 0.243 e. The van der Waals surface area contributed by atoms with Crippen LogP contribution >= 0.6 is 0 Å². The van der Waals surface area contributed by atoms with Gasteiger partial charge in [0.25, 0.3) is 0 Å². The molecule has 1 aliphatic rings. The van der Waals surface area contributed by atoms with Crippen LogP contribution in [-0.2, 0) is 32.6 Å². The molecule has 1 fully saturated rings. The molecule has 9 nitrogen and oxygen atoms in total. The SMILES string of the molecule is CCCn1c(CCC(=O)NNC(=O)C(C)C)nc2cc(S(=O)(=O)N3CCCC3)ccc21. The van der Waals surface area contributed by atoms with E-state index in [2.05, 4.69) is 22.8 Å². The molecule has 1 aromatic heterocycles. The third-order valence-corrected chi connectivity index (χ3v) is 7.27. The van der Waals surface area contributed by atoms with Crippen LogP contribution in [0.2, 0.25) is 0 Å². The zero-order valence-electron chi connectivity index (χ0n) is 18.3. The van der Waals surface area contributed by atoms with Crippen molar-refractivity contribution in [3.8, 4) is 0 Å². The highest BCUT2D eigenvalue weighted by Gasteiger charge is 2.27. The van der Waals surface area contributed by atoms with Crippen molar-refractivity contribution in [3.05, 3.63) is 24.0 Å². The summed E-state index contributed by atoms with van der Waals surface area (Å²) >= 11 is 0. The highest BCUT2D eigenvalue weighted by molar-refractivity contribution is 7.89. The van der Waals surface area contributed by atoms with Crippen LogP contribution in [0.5, 0.6) is 0 Å². The predicted molar refractivity (Wildman–Crippen MR) is 117 cm³/mol. The van der Waals surface area contributed by atoms with Gasteiger partial charge in [0.05, 0.1) is 15.9 Å². The van der Waals surface area contributed by atoms with E-state index in [1.54, 1.807) is 32.0 Å². The van der Waals surface area contributed by atoms with E-state index in [0.29, 0.717) is 25.0 Å². The Labute approximate surface area is 183 Å². The summed E-state index contributed by atoms with van der Waals surface area (Å²) in [6, 6.07) is 5.07. The number of nitrogens with zero attached hydrogens (tertiary/aromatic N) is 3. The molecule has 1 aromatic carbocycles. The van der Waals surface area contributed by atoms with E-state index in [9.17, 15) is 18.0 Å². The maximum absolute atomic E-state index is 12.9. The quantitative estimate of drug-likeness (QED) is 0.598. The van der Waals surface area contributed by atoms with Gasteiger partial charge in [-0.2, -0.15) is 4.31 Å². The Morgan fingerprint density at radius 2 is 1.87 bits per heavy atom. The summed E-state index contributed by atoms with van der Waals surface area (Å²) in [4.78, 5) is 28.6. The van der Waals surface area contributed by atoms with Gasteiger partial charge < -0.3 is 4.57 Å². The molecule has 0 atom stereocenters. The van der Waals surface area contributed by atoms with E-state index in [-0.39, 0.29) is 29.0 Å². The molecule has 0 spiro atoms. The molecule has 2 heterocycles. The van der Waals surface area contributed by atoms with Gasteiger partial charge in [-0.25, -0.2) is 13.4 Å². The summed E-state index contributed by atoms with van der Waals surface area (Å²) in [5.41, 5.74) is 6.28. The minimum Gasteiger partial charge on any atom is -0.328 e. The molecule has 0 bridgehead atoms. The molecule has 2 N–H and O–H groups in total. The molecule has 0 unspecified atom stereocenters. The first kappa shape index (κ1) is 23.2. The van der Waals surface area contributed by atoms with Gasteiger partial charge in [-0.05, 0) is 37.5 Å². The second-order valence-corrected chi connectivity index (χ2v) is 10.1. The van der Waals surface area contributed by atoms with E-state index in [0.717, 1.165) is 37.1 Å².